The Morgan fingerprint density at radius 2 is 1.82 bits per heavy atom. The van der Waals surface area contributed by atoms with Gasteiger partial charge >= 0.3 is 0 Å². The fourth-order valence-corrected chi connectivity index (χ4v) is 3.37. The average Bonchev–Trinajstić information content (AvgIpc) is 2.44. The molecule has 1 heteroatoms. The van der Waals surface area contributed by atoms with Crippen LogP contribution >= 0.6 is 0 Å². The maximum atomic E-state index is 6.17. The van der Waals surface area contributed by atoms with Gasteiger partial charge in [0, 0.05) is 6.04 Å². The van der Waals surface area contributed by atoms with Gasteiger partial charge in [0.25, 0.3) is 0 Å². The SMILES string of the molecule is CC(C)[C@H]1[C@@H]2CC[C@@H](C2)[C@H]1N. The summed E-state index contributed by atoms with van der Waals surface area (Å²) in [4.78, 5) is 0. The van der Waals surface area contributed by atoms with E-state index in [0.717, 1.165) is 23.7 Å². The van der Waals surface area contributed by atoms with Crippen molar-refractivity contribution in [1.29, 1.82) is 0 Å². The molecule has 2 aliphatic rings. The van der Waals surface area contributed by atoms with Crippen LogP contribution in [0, 0.1) is 23.7 Å². The number of hydrogen-bond donors (Lipinski definition) is 1. The molecule has 2 rings (SSSR count). The summed E-state index contributed by atoms with van der Waals surface area (Å²) in [5.74, 6) is 3.51. The van der Waals surface area contributed by atoms with Crippen LogP contribution in [-0.4, -0.2) is 6.04 Å². The minimum Gasteiger partial charge on any atom is -0.327 e. The first-order valence-corrected chi connectivity index (χ1v) is 4.95. The molecule has 0 heterocycles. The molecule has 2 bridgehead atoms. The Balaban J connectivity index is 2.11. The van der Waals surface area contributed by atoms with Crippen molar-refractivity contribution < 1.29 is 0 Å². The quantitative estimate of drug-likeness (QED) is 0.612. The molecule has 0 aromatic rings. The van der Waals surface area contributed by atoms with Crippen LogP contribution in [0.3, 0.4) is 0 Å². The molecule has 0 unspecified atom stereocenters. The molecule has 0 radical (unpaired) electrons. The molecule has 0 aromatic carbocycles. The lowest BCUT2D eigenvalue weighted by Crippen LogP contribution is -2.38. The summed E-state index contributed by atoms with van der Waals surface area (Å²) < 4.78 is 0. The molecule has 0 spiro atoms. The van der Waals surface area contributed by atoms with Gasteiger partial charge in [0.1, 0.15) is 0 Å². The van der Waals surface area contributed by atoms with Gasteiger partial charge in [-0.1, -0.05) is 13.8 Å². The van der Waals surface area contributed by atoms with Gasteiger partial charge in [-0.15, -0.1) is 0 Å². The molecule has 64 valence electrons. The second kappa shape index (κ2) is 2.48. The highest BCUT2D eigenvalue weighted by Gasteiger charge is 2.46. The van der Waals surface area contributed by atoms with Gasteiger partial charge in [-0.3, -0.25) is 0 Å². The van der Waals surface area contributed by atoms with Crippen molar-refractivity contribution in [2.24, 2.45) is 29.4 Å². The summed E-state index contributed by atoms with van der Waals surface area (Å²) in [6.07, 6.45) is 4.31. The van der Waals surface area contributed by atoms with E-state index in [1.807, 2.05) is 0 Å². The Morgan fingerprint density at radius 1 is 1.18 bits per heavy atom. The normalized spacial score (nSPS) is 49.1. The summed E-state index contributed by atoms with van der Waals surface area (Å²) in [6, 6.07) is 0.536. The van der Waals surface area contributed by atoms with Gasteiger partial charge < -0.3 is 5.73 Å². The largest absolute Gasteiger partial charge is 0.327 e. The topological polar surface area (TPSA) is 26.0 Å². The van der Waals surface area contributed by atoms with Crippen LogP contribution in [0.15, 0.2) is 0 Å². The molecule has 2 aliphatic carbocycles. The molecule has 0 aliphatic heterocycles. The number of fused-ring (bicyclic) bond motifs is 2. The van der Waals surface area contributed by atoms with E-state index in [-0.39, 0.29) is 0 Å². The number of rotatable bonds is 1. The van der Waals surface area contributed by atoms with Gasteiger partial charge in [0.15, 0.2) is 0 Å². The second-order valence-corrected chi connectivity index (χ2v) is 4.73. The number of hydrogen-bond acceptors (Lipinski definition) is 1. The van der Waals surface area contributed by atoms with E-state index in [0.29, 0.717) is 6.04 Å². The fourth-order valence-electron chi connectivity index (χ4n) is 3.37. The summed E-state index contributed by atoms with van der Waals surface area (Å²) in [7, 11) is 0. The van der Waals surface area contributed by atoms with Crippen molar-refractivity contribution in [3.63, 3.8) is 0 Å². The zero-order chi connectivity index (χ0) is 8.01. The third kappa shape index (κ3) is 1.01. The smallest absolute Gasteiger partial charge is 0.0101 e. The van der Waals surface area contributed by atoms with Gasteiger partial charge in [-0.05, 0) is 42.9 Å². The summed E-state index contributed by atoms with van der Waals surface area (Å²) in [5.41, 5.74) is 6.17. The minimum atomic E-state index is 0.536. The molecular formula is C10H19N. The molecule has 0 amide bonds. The van der Waals surface area contributed by atoms with Crippen molar-refractivity contribution in [2.45, 2.75) is 39.2 Å². The zero-order valence-corrected chi connectivity index (χ0v) is 7.59. The second-order valence-electron chi connectivity index (χ2n) is 4.73. The highest BCUT2D eigenvalue weighted by molar-refractivity contribution is 4.99. The lowest BCUT2D eigenvalue weighted by atomic mass is 9.78. The Labute approximate surface area is 69.4 Å². The fraction of sp³-hybridized carbons (Fsp3) is 1.00. The van der Waals surface area contributed by atoms with E-state index in [4.69, 9.17) is 5.73 Å². The van der Waals surface area contributed by atoms with Crippen LogP contribution in [0.1, 0.15) is 33.1 Å². The highest BCUT2D eigenvalue weighted by atomic mass is 14.7. The lowest BCUT2D eigenvalue weighted by molar-refractivity contribution is 0.222. The van der Waals surface area contributed by atoms with Crippen molar-refractivity contribution in [3.8, 4) is 0 Å². The molecule has 0 aromatic heterocycles. The van der Waals surface area contributed by atoms with Gasteiger partial charge in [0.2, 0.25) is 0 Å². The van der Waals surface area contributed by atoms with Crippen LogP contribution in [0.5, 0.6) is 0 Å². The molecule has 0 saturated heterocycles. The minimum absolute atomic E-state index is 0.536. The molecule has 11 heavy (non-hydrogen) atoms. The molecule has 2 saturated carbocycles. The van der Waals surface area contributed by atoms with E-state index in [2.05, 4.69) is 13.8 Å². The Kier molecular flexibility index (Phi) is 1.71. The molecular weight excluding hydrogens is 134 g/mol. The van der Waals surface area contributed by atoms with Crippen LogP contribution in [0.2, 0.25) is 0 Å². The Morgan fingerprint density at radius 3 is 2.18 bits per heavy atom. The highest BCUT2D eigenvalue weighted by Crippen LogP contribution is 2.50. The van der Waals surface area contributed by atoms with Crippen LogP contribution < -0.4 is 5.73 Å². The van der Waals surface area contributed by atoms with E-state index in [1.54, 1.807) is 0 Å². The summed E-state index contributed by atoms with van der Waals surface area (Å²) in [5, 5.41) is 0. The maximum Gasteiger partial charge on any atom is 0.0101 e. The predicted octanol–water partition coefficient (Wildman–Crippen LogP) is 2.02. The average molecular weight is 153 g/mol. The van der Waals surface area contributed by atoms with Crippen LogP contribution in [-0.2, 0) is 0 Å². The first kappa shape index (κ1) is 7.60. The van der Waals surface area contributed by atoms with Crippen LogP contribution in [0.4, 0.5) is 0 Å². The standard InChI is InChI=1S/C10H19N/c1-6(2)9-7-3-4-8(5-7)10(9)11/h6-10H,3-5,11H2,1-2H3/t7-,8+,9+,10-/m1/s1. The van der Waals surface area contributed by atoms with Crippen molar-refractivity contribution in [3.05, 3.63) is 0 Å². The molecule has 1 nitrogen and oxygen atoms in total. The molecule has 2 N–H and O–H groups in total. The third-order valence-electron chi connectivity index (χ3n) is 3.82. The first-order chi connectivity index (χ1) is 5.20. The van der Waals surface area contributed by atoms with Crippen molar-refractivity contribution in [2.75, 3.05) is 0 Å². The van der Waals surface area contributed by atoms with E-state index >= 15 is 0 Å². The Hall–Kier alpha value is -0.0400. The maximum absolute atomic E-state index is 6.17. The van der Waals surface area contributed by atoms with E-state index < -0.39 is 0 Å². The zero-order valence-electron chi connectivity index (χ0n) is 7.59. The summed E-state index contributed by atoms with van der Waals surface area (Å²) in [6.45, 7) is 4.65. The summed E-state index contributed by atoms with van der Waals surface area (Å²) >= 11 is 0. The monoisotopic (exact) mass is 153 g/mol. The van der Waals surface area contributed by atoms with Gasteiger partial charge in [-0.25, -0.2) is 0 Å². The van der Waals surface area contributed by atoms with Crippen LogP contribution in [0.25, 0.3) is 0 Å². The first-order valence-electron chi connectivity index (χ1n) is 4.95. The van der Waals surface area contributed by atoms with E-state index in [1.165, 1.54) is 19.3 Å². The van der Waals surface area contributed by atoms with Crippen molar-refractivity contribution >= 4 is 0 Å². The molecule has 2 fully saturated rings. The predicted molar refractivity (Wildman–Crippen MR) is 47.1 cm³/mol. The Bertz CT molecular complexity index is 151. The molecule has 4 atom stereocenters. The lowest BCUT2D eigenvalue weighted by Gasteiger charge is -2.31. The van der Waals surface area contributed by atoms with Gasteiger partial charge in [-0.2, -0.15) is 0 Å². The number of nitrogens with two attached hydrogens (primary N) is 1. The third-order valence-corrected chi connectivity index (χ3v) is 3.82. The van der Waals surface area contributed by atoms with Gasteiger partial charge in [0.05, 0.1) is 0 Å². The van der Waals surface area contributed by atoms with Crippen molar-refractivity contribution in [1.82, 2.24) is 0 Å². The van der Waals surface area contributed by atoms with E-state index in [9.17, 15) is 0 Å².